The monoisotopic (exact) mass is 1140 g/mol. The summed E-state index contributed by atoms with van der Waals surface area (Å²) in [7, 11) is 0. The molecule has 1 fully saturated rings. The Bertz CT molecular complexity index is 2450. The molecule has 22 nitrogen and oxygen atoms in total. The molecule has 22 heteroatoms. The van der Waals surface area contributed by atoms with Gasteiger partial charge in [0, 0.05) is 25.9 Å². The number of guanidine groups is 2. The maximum atomic E-state index is 14.2. The first-order valence-corrected chi connectivity index (χ1v) is 28.3. The summed E-state index contributed by atoms with van der Waals surface area (Å²) in [5.74, 6) is -6.88. The van der Waals surface area contributed by atoms with Crippen LogP contribution in [0.5, 0.6) is 0 Å². The average molecular weight is 1140 g/mol. The first kappa shape index (κ1) is 74.0. The van der Waals surface area contributed by atoms with Crippen molar-refractivity contribution in [2.24, 2.45) is 49.7 Å². The molecule has 0 spiro atoms. The number of nitrogens with one attached hydrogen (secondary N) is 8. The lowest BCUT2D eigenvalue weighted by molar-refractivity contribution is -0.136. The maximum absolute atomic E-state index is 14.2. The number of carbonyl (C=O) groups is 8. The Morgan fingerprint density at radius 1 is 0.537 bits per heavy atom. The summed E-state index contributed by atoms with van der Waals surface area (Å²) in [4.78, 5) is 118. The zero-order valence-electron chi connectivity index (χ0n) is 50.9. The standard InChI is InChI=1S/C46H70N14O8.C7H8.C3H8.2C2H6/c1-27(45(3,4)19-21-52-44(49)50)36-41(67)56-28(2)38(64)58-32(23-30-16-11-8-12-17-30)40(66)53-24-33(61)57-31(22-29-14-9-7-10-15-29)39(65)54-26-35(63)60-37(42(68)55-25-34(62)59-36)46(5,6)18-13-20-51-43(47)48;1-7-5-3-2-4-6-7;1-3-2;2*1-2/h7-12,14-17,27-28,31-32,36-37H,13,18-26H2,1-6H3,(H,53,66)(H,54,65)(H,55,68)(H,56,67)(H,57,61)(H,58,64)(H,59,62)(H,60,63)(H4,47,48,51)(H4,49,50,52);2-6H,1H3;3H2,1-2H3;2*1-2H3/t27?,28?,31-,32-,36?,37?;;;;/m0..../s1. The van der Waals surface area contributed by atoms with Gasteiger partial charge in [0.05, 0.1) is 19.6 Å². The van der Waals surface area contributed by atoms with E-state index in [0.29, 0.717) is 30.4 Å². The molecule has 1 aliphatic heterocycles. The zero-order valence-corrected chi connectivity index (χ0v) is 50.9. The smallest absolute Gasteiger partial charge is 0.243 e. The minimum atomic E-state index is -1.28. The van der Waals surface area contributed by atoms with Gasteiger partial charge in [0.25, 0.3) is 0 Å². The molecule has 1 saturated heterocycles. The van der Waals surface area contributed by atoms with Crippen LogP contribution < -0.4 is 65.5 Å². The molecule has 4 unspecified atom stereocenters. The lowest BCUT2D eigenvalue weighted by Crippen LogP contribution is -2.60. The number of nitrogens with zero attached hydrogens (tertiary/aromatic N) is 2. The van der Waals surface area contributed by atoms with Crippen LogP contribution >= 0.6 is 0 Å². The maximum Gasteiger partial charge on any atom is 0.243 e. The van der Waals surface area contributed by atoms with E-state index in [1.54, 1.807) is 81.4 Å². The molecular weight excluding hydrogens is 1040 g/mol. The highest BCUT2D eigenvalue weighted by Crippen LogP contribution is 2.33. The van der Waals surface area contributed by atoms with E-state index in [1.807, 2.05) is 59.7 Å². The fourth-order valence-corrected chi connectivity index (χ4v) is 7.92. The summed E-state index contributed by atoms with van der Waals surface area (Å²) < 4.78 is 0. The average Bonchev–Trinajstić information content (AvgIpc) is 3.55. The summed E-state index contributed by atoms with van der Waals surface area (Å²) in [6, 6.07) is 21.6. The fraction of sp³-hybridized carbons (Fsp3) is 0.533. The van der Waals surface area contributed by atoms with Crippen molar-refractivity contribution in [2.45, 2.75) is 159 Å². The summed E-state index contributed by atoms with van der Waals surface area (Å²) in [6.07, 6.45) is 2.36. The first-order valence-electron chi connectivity index (χ1n) is 28.3. The van der Waals surface area contributed by atoms with Gasteiger partial charge in [-0.15, -0.1) is 0 Å². The van der Waals surface area contributed by atoms with Crippen LogP contribution in [-0.4, -0.2) is 122 Å². The van der Waals surface area contributed by atoms with E-state index in [4.69, 9.17) is 22.9 Å². The van der Waals surface area contributed by atoms with Gasteiger partial charge in [0.1, 0.15) is 30.2 Å². The summed E-state index contributed by atoms with van der Waals surface area (Å²) in [5.41, 5.74) is 23.1. The number of aliphatic imine (C=N–C) groups is 2. The van der Waals surface area contributed by atoms with Gasteiger partial charge < -0.3 is 65.5 Å². The van der Waals surface area contributed by atoms with Crippen LogP contribution in [0.4, 0.5) is 0 Å². The van der Waals surface area contributed by atoms with Gasteiger partial charge in [-0.2, -0.15) is 0 Å². The van der Waals surface area contributed by atoms with E-state index >= 15 is 0 Å². The number of amides is 8. The Kier molecular flexibility index (Phi) is 36.2. The lowest BCUT2D eigenvalue weighted by Gasteiger charge is -2.37. The molecule has 0 aliphatic carbocycles. The molecule has 1 heterocycles. The third-order valence-corrected chi connectivity index (χ3v) is 12.8. The van der Waals surface area contributed by atoms with Crippen LogP contribution in [0, 0.1) is 23.7 Å². The van der Waals surface area contributed by atoms with Gasteiger partial charge in [0.15, 0.2) is 11.9 Å². The minimum absolute atomic E-state index is 0.00320. The molecule has 0 aromatic heterocycles. The Labute approximate surface area is 487 Å². The Hall–Kier alpha value is -8.04. The highest BCUT2D eigenvalue weighted by Gasteiger charge is 2.40. The third-order valence-electron chi connectivity index (χ3n) is 12.8. The number of rotatable bonds is 14. The van der Waals surface area contributed by atoms with Gasteiger partial charge >= 0.3 is 0 Å². The molecule has 0 radical (unpaired) electrons. The zero-order chi connectivity index (χ0) is 62.4. The van der Waals surface area contributed by atoms with Gasteiger partial charge in [0.2, 0.25) is 47.3 Å². The number of aryl methyl sites for hydroxylation is 1. The normalized spacial score (nSPS) is 19.1. The first-order chi connectivity index (χ1) is 38.8. The van der Waals surface area contributed by atoms with Crippen molar-refractivity contribution >= 4 is 59.2 Å². The van der Waals surface area contributed by atoms with Crippen LogP contribution in [0.15, 0.2) is 101 Å². The van der Waals surface area contributed by atoms with Crippen molar-refractivity contribution in [3.63, 3.8) is 0 Å². The topological polar surface area (TPSA) is 362 Å². The second-order valence-corrected chi connectivity index (χ2v) is 20.6. The van der Waals surface area contributed by atoms with E-state index in [1.165, 1.54) is 18.9 Å². The van der Waals surface area contributed by atoms with Crippen LogP contribution in [-0.2, 0) is 51.2 Å². The SMILES string of the molecule is CC.CC.CC1NC(=O)C(C(C)C(C)(C)CCN=C(N)N)NC(=O)CNC(=O)C(C(C)(C)CCCN=C(N)N)NC(=O)CNC(=O)[C@H](Cc2ccccc2)NC(=O)CNC(=O)[C@H](Cc2ccccc2)NC1=O.CCC.Cc1ccccc1. The molecular formula is C60H98N14O8. The van der Waals surface area contributed by atoms with Crippen LogP contribution in [0.2, 0.25) is 0 Å². The van der Waals surface area contributed by atoms with Crippen molar-refractivity contribution < 1.29 is 38.4 Å². The predicted octanol–water partition coefficient (Wildman–Crippen LogP) is 3.15. The van der Waals surface area contributed by atoms with E-state index in [-0.39, 0.29) is 37.9 Å². The number of hydrogen-bond acceptors (Lipinski definition) is 10. The Balaban J connectivity index is 0.00000417. The Morgan fingerprint density at radius 3 is 1.38 bits per heavy atom. The number of hydrogen-bond donors (Lipinski definition) is 12. The van der Waals surface area contributed by atoms with Crippen molar-refractivity contribution in [3.8, 4) is 0 Å². The summed E-state index contributed by atoms with van der Waals surface area (Å²) in [6.45, 7) is 23.2. The second-order valence-electron chi connectivity index (χ2n) is 20.6. The van der Waals surface area contributed by atoms with Crippen molar-refractivity contribution in [1.29, 1.82) is 0 Å². The van der Waals surface area contributed by atoms with Crippen molar-refractivity contribution in [3.05, 3.63) is 108 Å². The second kappa shape index (κ2) is 40.2. The quantitative estimate of drug-likeness (QED) is 0.0630. The van der Waals surface area contributed by atoms with Crippen LogP contribution in [0.1, 0.15) is 125 Å². The largest absolute Gasteiger partial charge is 0.370 e. The molecule has 16 N–H and O–H groups in total. The van der Waals surface area contributed by atoms with Crippen LogP contribution in [0.25, 0.3) is 0 Å². The minimum Gasteiger partial charge on any atom is -0.370 e. The fourth-order valence-electron chi connectivity index (χ4n) is 7.92. The van der Waals surface area contributed by atoms with Gasteiger partial charge in [-0.3, -0.25) is 48.3 Å². The number of nitrogens with two attached hydrogens (primary N) is 4. The van der Waals surface area contributed by atoms with E-state index in [0.717, 1.165) is 0 Å². The molecule has 456 valence electrons. The van der Waals surface area contributed by atoms with E-state index in [9.17, 15) is 38.4 Å². The van der Waals surface area contributed by atoms with E-state index < -0.39 is 114 Å². The van der Waals surface area contributed by atoms with Crippen molar-refractivity contribution in [2.75, 3.05) is 32.7 Å². The molecule has 4 rings (SSSR count). The molecule has 3 aromatic carbocycles. The summed E-state index contributed by atoms with van der Waals surface area (Å²) in [5, 5.41) is 21.0. The number of carbonyl (C=O) groups excluding carboxylic acids is 8. The molecule has 3 aromatic rings. The lowest BCUT2D eigenvalue weighted by atomic mass is 9.73. The predicted molar refractivity (Wildman–Crippen MR) is 326 cm³/mol. The molecule has 0 bridgehead atoms. The molecule has 82 heavy (non-hydrogen) atoms. The Morgan fingerprint density at radius 2 is 0.939 bits per heavy atom. The summed E-state index contributed by atoms with van der Waals surface area (Å²) >= 11 is 0. The van der Waals surface area contributed by atoms with Gasteiger partial charge in [-0.25, -0.2) is 0 Å². The highest BCUT2D eigenvalue weighted by atomic mass is 16.2. The van der Waals surface area contributed by atoms with E-state index in [2.05, 4.69) is 85.4 Å². The highest BCUT2D eigenvalue weighted by molar-refractivity contribution is 5.97. The van der Waals surface area contributed by atoms with Gasteiger partial charge in [-0.1, -0.05) is 179 Å². The molecule has 6 atom stereocenters. The molecule has 8 amide bonds. The van der Waals surface area contributed by atoms with Crippen LogP contribution in [0.3, 0.4) is 0 Å². The molecule has 1 aliphatic rings. The third kappa shape index (κ3) is 30.0. The van der Waals surface area contributed by atoms with Gasteiger partial charge in [-0.05, 0) is 61.0 Å². The molecule has 0 saturated carbocycles. The van der Waals surface area contributed by atoms with Crippen molar-refractivity contribution in [1.82, 2.24) is 42.5 Å². The number of benzene rings is 3.